The van der Waals surface area contributed by atoms with Crippen LogP contribution in [0.2, 0.25) is 0 Å². The van der Waals surface area contributed by atoms with E-state index in [1.807, 2.05) is 6.20 Å². The van der Waals surface area contributed by atoms with Gasteiger partial charge in [0.25, 0.3) is 0 Å². The fourth-order valence-corrected chi connectivity index (χ4v) is 2.73. The Kier molecular flexibility index (Phi) is 3.29. The maximum absolute atomic E-state index is 11.1. The molecule has 116 valence electrons. The van der Waals surface area contributed by atoms with E-state index in [1.54, 1.807) is 6.07 Å². The zero-order valence-corrected chi connectivity index (χ0v) is 12.9. The van der Waals surface area contributed by atoms with Crippen LogP contribution in [-0.4, -0.2) is 25.3 Å². The quantitative estimate of drug-likeness (QED) is 0.804. The molecule has 6 heteroatoms. The summed E-state index contributed by atoms with van der Waals surface area (Å²) in [6.07, 6.45) is 8.87. The van der Waals surface area contributed by atoms with Crippen LogP contribution in [0.1, 0.15) is 42.6 Å². The fourth-order valence-electron chi connectivity index (χ4n) is 2.73. The van der Waals surface area contributed by atoms with Crippen LogP contribution in [0.25, 0.3) is 5.65 Å². The number of pyridine rings is 1. The van der Waals surface area contributed by atoms with Crippen LogP contribution < -0.4 is 5.32 Å². The van der Waals surface area contributed by atoms with Crippen molar-refractivity contribution in [2.45, 2.75) is 32.1 Å². The first-order valence-electron chi connectivity index (χ1n) is 7.73. The van der Waals surface area contributed by atoms with E-state index in [0.29, 0.717) is 12.2 Å². The highest BCUT2D eigenvalue weighted by Gasteiger charge is 2.23. The Morgan fingerprint density at radius 2 is 2.13 bits per heavy atom. The highest BCUT2D eigenvalue weighted by Crippen LogP contribution is 2.39. The number of hydrogen-bond acceptors (Lipinski definition) is 4. The number of anilines is 1. The van der Waals surface area contributed by atoms with Gasteiger partial charge in [0.2, 0.25) is 5.91 Å². The van der Waals surface area contributed by atoms with Crippen molar-refractivity contribution >= 4 is 17.4 Å². The molecule has 1 N–H and O–H groups in total. The summed E-state index contributed by atoms with van der Waals surface area (Å²) in [5.74, 6) is 1.10. The maximum Gasteiger partial charge on any atom is 0.222 e. The van der Waals surface area contributed by atoms with Gasteiger partial charge in [0.15, 0.2) is 0 Å². The number of nitrogens with zero attached hydrogens (tertiary/aromatic N) is 4. The van der Waals surface area contributed by atoms with Crippen molar-refractivity contribution in [3.63, 3.8) is 0 Å². The summed E-state index contributed by atoms with van der Waals surface area (Å²) in [7, 11) is 0. The Balaban J connectivity index is 1.58. The van der Waals surface area contributed by atoms with E-state index in [4.69, 9.17) is 0 Å². The summed E-state index contributed by atoms with van der Waals surface area (Å²) in [5.41, 5.74) is 4.11. The van der Waals surface area contributed by atoms with Gasteiger partial charge in [-0.1, -0.05) is 6.07 Å². The molecule has 1 saturated carbocycles. The second kappa shape index (κ2) is 5.46. The monoisotopic (exact) mass is 307 g/mol. The molecule has 0 aliphatic heterocycles. The van der Waals surface area contributed by atoms with E-state index in [9.17, 15) is 4.79 Å². The van der Waals surface area contributed by atoms with Crippen molar-refractivity contribution in [3.8, 4) is 0 Å². The molecule has 6 nitrogen and oxygen atoms in total. The van der Waals surface area contributed by atoms with Crippen molar-refractivity contribution < 1.29 is 4.79 Å². The van der Waals surface area contributed by atoms with Crippen molar-refractivity contribution in [1.82, 2.24) is 19.4 Å². The number of carbonyl (C=O) groups excluding carboxylic acids is 1. The topological polar surface area (TPSA) is 72.2 Å². The lowest BCUT2D eigenvalue weighted by molar-refractivity contribution is -0.114. The van der Waals surface area contributed by atoms with Crippen molar-refractivity contribution in [2.24, 2.45) is 0 Å². The second-order valence-electron chi connectivity index (χ2n) is 5.99. The number of nitrogens with one attached hydrogen (secondary N) is 1. The molecule has 0 saturated heterocycles. The molecular weight excluding hydrogens is 290 g/mol. The summed E-state index contributed by atoms with van der Waals surface area (Å²) < 4.78 is 2.08. The molecule has 1 aliphatic carbocycles. The Morgan fingerprint density at radius 3 is 2.91 bits per heavy atom. The van der Waals surface area contributed by atoms with Crippen LogP contribution in [-0.2, 0) is 11.2 Å². The summed E-state index contributed by atoms with van der Waals surface area (Å²) in [6.45, 7) is 1.46. The third kappa shape index (κ3) is 3.06. The highest BCUT2D eigenvalue weighted by atomic mass is 16.1. The number of imidazole rings is 1. The molecule has 0 spiro atoms. The smallest absolute Gasteiger partial charge is 0.222 e. The van der Waals surface area contributed by atoms with Gasteiger partial charge in [0.1, 0.15) is 17.8 Å². The molecule has 0 atom stereocenters. The van der Waals surface area contributed by atoms with Crippen LogP contribution >= 0.6 is 0 Å². The first-order valence-corrected chi connectivity index (χ1v) is 7.73. The minimum Gasteiger partial charge on any atom is -0.311 e. The Labute approximate surface area is 133 Å². The van der Waals surface area contributed by atoms with E-state index in [0.717, 1.165) is 23.0 Å². The van der Waals surface area contributed by atoms with Crippen LogP contribution in [0.3, 0.4) is 0 Å². The SMILES string of the molecule is CC(=O)Nc1cc(Cc2cn3cc(C4CC4)ccc3n2)ncn1. The first kappa shape index (κ1) is 13.9. The predicted octanol–water partition coefficient (Wildman–Crippen LogP) is 2.55. The van der Waals surface area contributed by atoms with Gasteiger partial charge >= 0.3 is 0 Å². The van der Waals surface area contributed by atoms with Gasteiger partial charge in [0.05, 0.1) is 11.4 Å². The second-order valence-corrected chi connectivity index (χ2v) is 5.99. The zero-order chi connectivity index (χ0) is 15.8. The third-order valence-electron chi connectivity index (χ3n) is 3.96. The van der Waals surface area contributed by atoms with Gasteiger partial charge < -0.3 is 9.72 Å². The number of fused-ring (bicyclic) bond motifs is 1. The van der Waals surface area contributed by atoms with Gasteiger partial charge in [-0.15, -0.1) is 0 Å². The average molecular weight is 307 g/mol. The first-order chi connectivity index (χ1) is 11.2. The molecule has 3 aromatic rings. The minimum atomic E-state index is -0.144. The van der Waals surface area contributed by atoms with Gasteiger partial charge in [-0.05, 0) is 30.4 Å². The van der Waals surface area contributed by atoms with Crippen molar-refractivity contribution in [2.75, 3.05) is 5.32 Å². The lowest BCUT2D eigenvalue weighted by Crippen LogP contribution is -2.08. The summed E-state index contributed by atoms with van der Waals surface area (Å²) >= 11 is 0. The molecular formula is C17H17N5O. The largest absolute Gasteiger partial charge is 0.311 e. The number of amides is 1. The Bertz CT molecular complexity index is 882. The molecule has 3 aromatic heterocycles. The van der Waals surface area contributed by atoms with E-state index < -0.39 is 0 Å². The molecule has 3 heterocycles. The zero-order valence-electron chi connectivity index (χ0n) is 12.9. The number of carbonyl (C=O) groups is 1. The standard InChI is InChI=1S/C17H17N5O/c1-11(23)20-16-7-14(18-10-19-16)6-15-9-22-8-13(12-2-3-12)4-5-17(22)21-15/h4-5,7-10,12H,2-3,6H2,1H3,(H,18,19,20,23). The normalized spacial score (nSPS) is 14.1. The molecule has 1 amide bonds. The molecule has 0 unspecified atom stereocenters. The molecule has 0 bridgehead atoms. The number of rotatable bonds is 4. The fraction of sp³-hybridized carbons (Fsp3) is 0.294. The van der Waals surface area contributed by atoms with Gasteiger partial charge in [-0.3, -0.25) is 4.79 Å². The van der Waals surface area contributed by atoms with E-state index in [1.165, 1.54) is 31.7 Å². The molecule has 4 rings (SSSR count). The predicted molar refractivity (Wildman–Crippen MR) is 86.3 cm³/mol. The van der Waals surface area contributed by atoms with E-state index in [-0.39, 0.29) is 5.91 Å². The minimum absolute atomic E-state index is 0.144. The molecule has 23 heavy (non-hydrogen) atoms. The van der Waals surface area contributed by atoms with Crippen LogP contribution in [0, 0.1) is 0 Å². The Hall–Kier alpha value is -2.76. The summed E-state index contributed by atoms with van der Waals surface area (Å²) in [6, 6.07) is 6.02. The molecule has 1 aliphatic rings. The van der Waals surface area contributed by atoms with Crippen LogP contribution in [0.15, 0.2) is 36.9 Å². The number of aromatic nitrogens is 4. The number of hydrogen-bond donors (Lipinski definition) is 1. The maximum atomic E-state index is 11.1. The molecule has 0 radical (unpaired) electrons. The summed E-state index contributed by atoms with van der Waals surface area (Å²) in [5, 5.41) is 2.67. The van der Waals surface area contributed by atoms with Gasteiger partial charge in [0, 0.05) is 31.8 Å². The van der Waals surface area contributed by atoms with E-state index >= 15 is 0 Å². The van der Waals surface area contributed by atoms with Crippen molar-refractivity contribution in [1.29, 1.82) is 0 Å². The lowest BCUT2D eigenvalue weighted by atomic mass is 10.2. The molecule has 0 aromatic carbocycles. The van der Waals surface area contributed by atoms with Gasteiger partial charge in [-0.25, -0.2) is 15.0 Å². The van der Waals surface area contributed by atoms with Gasteiger partial charge in [-0.2, -0.15) is 0 Å². The molecule has 1 fully saturated rings. The highest BCUT2D eigenvalue weighted by molar-refractivity contribution is 5.87. The Morgan fingerprint density at radius 1 is 1.26 bits per heavy atom. The lowest BCUT2D eigenvalue weighted by Gasteiger charge is -2.02. The average Bonchev–Trinajstić information content (AvgIpc) is 3.27. The van der Waals surface area contributed by atoms with Crippen LogP contribution in [0.5, 0.6) is 0 Å². The summed E-state index contributed by atoms with van der Waals surface area (Å²) in [4.78, 5) is 24.0. The van der Waals surface area contributed by atoms with Crippen LogP contribution in [0.4, 0.5) is 5.82 Å². The van der Waals surface area contributed by atoms with E-state index in [2.05, 4.69) is 43.0 Å². The van der Waals surface area contributed by atoms with Crippen molar-refractivity contribution in [3.05, 3.63) is 53.9 Å². The third-order valence-corrected chi connectivity index (χ3v) is 3.96.